The number of amides is 1. The highest BCUT2D eigenvalue weighted by Crippen LogP contribution is 2.30. The Morgan fingerprint density at radius 1 is 0.969 bits per heavy atom. The predicted octanol–water partition coefficient (Wildman–Crippen LogP) is 5.27. The second-order valence-electron chi connectivity index (χ2n) is 9.45. The van der Waals surface area contributed by atoms with Crippen LogP contribution in [0.5, 0.6) is 0 Å². The molecule has 4 heteroatoms. The van der Waals surface area contributed by atoms with Gasteiger partial charge in [-0.25, -0.2) is 4.98 Å². The third kappa shape index (κ3) is 4.50. The third-order valence-corrected chi connectivity index (χ3v) is 7.34. The SMILES string of the molecule is CCc1ccc(C2CCc3nc(C(=O)N4CCC(Cc5ccccc5)CC4)cn3C2)cc1. The third-order valence-electron chi connectivity index (χ3n) is 7.34. The Hall–Kier alpha value is -2.88. The molecule has 2 aliphatic heterocycles. The van der Waals surface area contributed by atoms with Crippen molar-refractivity contribution in [2.75, 3.05) is 13.1 Å². The van der Waals surface area contributed by atoms with E-state index in [-0.39, 0.29) is 5.91 Å². The van der Waals surface area contributed by atoms with E-state index in [9.17, 15) is 4.79 Å². The monoisotopic (exact) mass is 427 g/mol. The molecule has 1 amide bonds. The van der Waals surface area contributed by atoms with E-state index >= 15 is 0 Å². The average molecular weight is 428 g/mol. The lowest BCUT2D eigenvalue weighted by Crippen LogP contribution is -2.39. The van der Waals surface area contributed by atoms with E-state index in [1.165, 1.54) is 16.7 Å². The Labute approximate surface area is 191 Å². The lowest BCUT2D eigenvalue weighted by atomic mass is 9.90. The van der Waals surface area contributed by atoms with E-state index in [1.807, 2.05) is 11.1 Å². The number of carbonyl (C=O) groups is 1. The molecule has 32 heavy (non-hydrogen) atoms. The molecule has 166 valence electrons. The van der Waals surface area contributed by atoms with Crippen LogP contribution >= 0.6 is 0 Å². The van der Waals surface area contributed by atoms with Crippen molar-refractivity contribution in [1.82, 2.24) is 14.5 Å². The molecule has 3 aromatic rings. The number of nitrogens with zero attached hydrogens (tertiary/aromatic N) is 3. The molecule has 1 fully saturated rings. The number of carbonyl (C=O) groups excluding carboxylic acids is 1. The van der Waals surface area contributed by atoms with Gasteiger partial charge in [0.2, 0.25) is 0 Å². The van der Waals surface area contributed by atoms with Gasteiger partial charge in [-0.05, 0) is 54.7 Å². The number of aryl methyl sites for hydroxylation is 2. The van der Waals surface area contributed by atoms with Gasteiger partial charge in [0.1, 0.15) is 11.5 Å². The summed E-state index contributed by atoms with van der Waals surface area (Å²) in [6.45, 7) is 4.79. The zero-order valence-electron chi connectivity index (χ0n) is 19.0. The van der Waals surface area contributed by atoms with Crippen LogP contribution in [0, 0.1) is 5.92 Å². The maximum Gasteiger partial charge on any atom is 0.274 e. The number of benzene rings is 2. The second kappa shape index (κ2) is 9.32. The van der Waals surface area contributed by atoms with Gasteiger partial charge in [0, 0.05) is 38.2 Å². The molecule has 1 aromatic heterocycles. The standard InChI is InChI=1S/C28H33N3O/c1-2-21-8-10-24(11-9-21)25-12-13-27-29-26(20-31(27)19-25)28(32)30-16-14-23(15-17-30)18-22-6-4-3-5-7-22/h3-11,20,23,25H,2,12-19H2,1H3. The first-order valence-electron chi connectivity index (χ1n) is 12.2. The smallest absolute Gasteiger partial charge is 0.274 e. The fraction of sp³-hybridized carbons (Fsp3) is 0.429. The zero-order chi connectivity index (χ0) is 21.9. The van der Waals surface area contributed by atoms with Crippen LogP contribution in [0.4, 0.5) is 0 Å². The van der Waals surface area contributed by atoms with E-state index in [2.05, 4.69) is 66.1 Å². The fourth-order valence-electron chi connectivity index (χ4n) is 5.29. The first-order valence-corrected chi connectivity index (χ1v) is 12.2. The maximum atomic E-state index is 13.2. The average Bonchev–Trinajstić information content (AvgIpc) is 3.28. The summed E-state index contributed by atoms with van der Waals surface area (Å²) < 4.78 is 2.22. The molecule has 3 heterocycles. The largest absolute Gasteiger partial charge is 0.337 e. The highest BCUT2D eigenvalue weighted by molar-refractivity contribution is 5.92. The molecule has 0 spiro atoms. The lowest BCUT2D eigenvalue weighted by molar-refractivity contribution is 0.0685. The number of piperidine rings is 1. The van der Waals surface area contributed by atoms with Gasteiger partial charge in [0.15, 0.2) is 0 Å². The lowest BCUT2D eigenvalue weighted by Gasteiger charge is -2.31. The summed E-state index contributed by atoms with van der Waals surface area (Å²) in [6.07, 6.45) is 8.37. The first kappa shape index (κ1) is 21.0. The molecule has 0 saturated carbocycles. The van der Waals surface area contributed by atoms with E-state index < -0.39 is 0 Å². The van der Waals surface area contributed by atoms with Gasteiger partial charge in [-0.1, -0.05) is 61.5 Å². The molecule has 1 atom stereocenters. The Morgan fingerprint density at radius 3 is 2.44 bits per heavy atom. The Balaban J connectivity index is 1.20. The van der Waals surface area contributed by atoms with Crippen molar-refractivity contribution in [1.29, 1.82) is 0 Å². The normalized spacial score (nSPS) is 19.0. The van der Waals surface area contributed by atoms with Gasteiger partial charge in [-0.2, -0.15) is 0 Å². The highest BCUT2D eigenvalue weighted by Gasteiger charge is 2.28. The van der Waals surface area contributed by atoms with Gasteiger partial charge in [0.05, 0.1) is 0 Å². The Morgan fingerprint density at radius 2 is 1.72 bits per heavy atom. The minimum Gasteiger partial charge on any atom is -0.337 e. The van der Waals surface area contributed by atoms with Crippen LogP contribution in [-0.4, -0.2) is 33.4 Å². The second-order valence-corrected chi connectivity index (χ2v) is 9.45. The number of aromatic nitrogens is 2. The molecule has 2 aliphatic rings. The highest BCUT2D eigenvalue weighted by atomic mass is 16.2. The van der Waals surface area contributed by atoms with Crippen LogP contribution in [0.1, 0.15) is 65.1 Å². The molecule has 0 radical (unpaired) electrons. The van der Waals surface area contributed by atoms with E-state index in [0.29, 0.717) is 17.5 Å². The van der Waals surface area contributed by atoms with Crippen LogP contribution in [0.2, 0.25) is 0 Å². The van der Waals surface area contributed by atoms with Gasteiger partial charge in [0.25, 0.3) is 5.91 Å². The van der Waals surface area contributed by atoms with Crippen LogP contribution in [0.3, 0.4) is 0 Å². The Kier molecular flexibility index (Phi) is 6.11. The van der Waals surface area contributed by atoms with Gasteiger partial charge in [-0.15, -0.1) is 0 Å². The van der Waals surface area contributed by atoms with Crippen molar-refractivity contribution < 1.29 is 4.79 Å². The van der Waals surface area contributed by atoms with Crippen molar-refractivity contribution in [3.05, 3.63) is 89.0 Å². The number of rotatable bonds is 5. The molecular formula is C28H33N3O. The summed E-state index contributed by atoms with van der Waals surface area (Å²) >= 11 is 0. The fourth-order valence-corrected chi connectivity index (χ4v) is 5.29. The van der Waals surface area contributed by atoms with E-state index in [4.69, 9.17) is 4.98 Å². The zero-order valence-corrected chi connectivity index (χ0v) is 19.0. The van der Waals surface area contributed by atoms with Gasteiger partial charge in [-0.3, -0.25) is 4.79 Å². The summed E-state index contributed by atoms with van der Waals surface area (Å²) in [5.41, 5.74) is 4.81. The molecule has 0 bridgehead atoms. The summed E-state index contributed by atoms with van der Waals surface area (Å²) in [4.78, 5) is 19.9. The van der Waals surface area contributed by atoms with E-state index in [0.717, 1.165) is 64.0 Å². The van der Waals surface area contributed by atoms with Crippen LogP contribution in [0.25, 0.3) is 0 Å². The molecule has 0 aliphatic carbocycles. The summed E-state index contributed by atoms with van der Waals surface area (Å²) in [5, 5.41) is 0. The molecule has 5 rings (SSSR count). The predicted molar refractivity (Wildman–Crippen MR) is 128 cm³/mol. The quantitative estimate of drug-likeness (QED) is 0.556. The van der Waals surface area contributed by atoms with Crippen molar-refractivity contribution in [2.24, 2.45) is 5.92 Å². The van der Waals surface area contributed by atoms with Crippen LogP contribution in [-0.2, 0) is 25.8 Å². The number of hydrogen-bond acceptors (Lipinski definition) is 2. The summed E-state index contributed by atoms with van der Waals surface area (Å²) in [6, 6.07) is 19.7. The molecule has 4 nitrogen and oxygen atoms in total. The van der Waals surface area contributed by atoms with Crippen molar-refractivity contribution in [3.8, 4) is 0 Å². The Bertz CT molecular complexity index is 1050. The number of likely N-dealkylation sites (tertiary alicyclic amines) is 1. The minimum atomic E-state index is 0.105. The molecule has 1 unspecified atom stereocenters. The molecular weight excluding hydrogens is 394 g/mol. The number of fused-ring (bicyclic) bond motifs is 1. The maximum absolute atomic E-state index is 13.2. The first-order chi connectivity index (χ1) is 15.7. The molecule has 1 saturated heterocycles. The van der Waals surface area contributed by atoms with Crippen LogP contribution in [0.15, 0.2) is 60.8 Å². The summed E-state index contributed by atoms with van der Waals surface area (Å²) in [5.74, 6) is 2.33. The van der Waals surface area contributed by atoms with Crippen molar-refractivity contribution >= 4 is 5.91 Å². The summed E-state index contributed by atoms with van der Waals surface area (Å²) in [7, 11) is 0. The van der Waals surface area contributed by atoms with Crippen molar-refractivity contribution in [2.45, 2.75) is 57.9 Å². The van der Waals surface area contributed by atoms with E-state index in [1.54, 1.807) is 0 Å². The molecule has 0 N–H and O–H groups in total. The topological polar surface area (TPSA) is 38.1 Å². The minimum absolute atomic E-state index is 0.105. The number of imidazole rings is 1. The molecule has 2 aromatic carbocycles. The van der Waals surface area contributed by atoms with Crippen molar-refractivity contribution in [3.63, 3.8) is 0 Å². The van der Waals surface area contributed by atoms with Gasteiger partial charge < -0.3 is 9.47 Å². The number of hydrogen-bond donors (Lipinski definition) is 0. The van der Waals surface area contributed by atoms with Crippen LogP contribution < -0.4 is 0 Å². The van der Waals surface area contributed by atoms with Gasteiger partial charge >= 0.3 is 0 Å².